The van der Waals surface area contributed by atoms with Crippen molar-refractivity contribution < 1.29 is 0 Å². The zero-order valence-electron chi connectivity index (χ0n) is 8.31. The van der Waals surface area contributed by atoms with Gasteiger partial charge in [-0.15, -0.1) is 0 Å². The summed E-state index contributed by atoms with van der Waals surface area (Å²) in [5, 5.41) is 7.27. The molecule has 0 amide bonds. The van der Waals surface area contributed by atoms with Gasteiger partial charge in [0.25, 0.3) is 0 Å². The van der Waals surface area contributed by atoms with Crippen molar-refractivity contribution in [2.24, 2.45) is 7.05 Å². The van der Waals surface area contributed by atoms with E-state index in [4.69, 9.17) is 0 Å². The fourth-order valence-corrected chi connectivity index (χ4v) is 1.30. The van der Waals surface area contributed by atoms with Gasteiger partial charge in [-0.05, 0) is 6.92 Å². The summed E-state index contributed by atoms with van der Waals surface area (Å²) >= 11 is 0. The molecule has 0 radical (unpaired) electrons. The number of hydrogen-bond donors (Lipinski definition) is 1. The Bertz CT molecular complexity index is 414. The Balaban J connectivity index is 2.22. The third kappa shape index (κ3) is 1.48. The van der Waals surface area contributed by atoms with Crippen molar-refractivity contribution in [3.63, 3.8) is 0 Å². The van der Waals surface area contributed by atoms with Gasteiger partial charge in [-0.25, -0.2) is 4.98 Å². The molecular weight excluding hydrogens is 178 g/mol. The van der Waals surface area contributed by atoms with Gasteiger partial charge >= 0.3 is 0 Å². The van der Waals surface area contributed by atoms with E-state index in [1.54, 1.807) is 17.1 Å². The first-order chi connectivity index (χ1) is 6.81. The molecule has 0 unspecified atom stereocenters. The molecule has 0 atom stereocenters. The monoisotopic (exact) mass is 191 g/mol. The molecule has 74 valence electrons. The second-order valence-corrected chi connectivity index (χ2v) is 3.00. The summed E-state index contributed by atoms with van der Waals surface area (Å²) in [6.07, 6.45) is 5.47. The van der Waals surface area contributed by atoms with Crippen molar-refractivity contribution in [1.29, 1.82) is 0 Å². The second-order valence-electron chi connectivity index (χ2n) is 3.00. The van der Waals surface area contributed by atoms with Gasteiger partial charge in [0, 0.05) is 32.1 Å². The first-order valence-corrected chi connectivity index (χ1v) is 4.57. The van der Waals surface area contributed by atoms with Gasteiger partial charge in [0.05, 0.1) is 6.20 Å². The zero-order chi connectivity index (χ0) is 9.97. The summed E-state index contributed by atoms with van der Waals surface area (Å²) in [5.74, 6) is 1.78. The van der Waals surface area contributed by atoms with Gasteiger partial charge in [0.2, 0.25) is 5.95 Å². The van der Waals surface area contributed by atoms with Crippen LogP contribution in [-0.4, -0.2) is 19.3 Å². The lowest BCUT2D eigenvalue weighted by molar-refractivity contribution is 0.754. The number of aromatic nitrogens is 4. The van der Waals surface area contributed by atoms with Crippen LogP contribution >= 0.6 is 0 Å². The molecule has 14 heavy (non-hydrogen) atoms. The molecule has 2 aromatic rings. The largest absolute Gasteiger partial charge is 0.317 e. The Kier molecular flexibility index (Phi) is 2.22. The third-order valence-electron chi connectivity index (χ3n) is 2.12. The van der Waals surface area contributed by atoms with Gasteiger partial charge in [0.15, 0.2) is 0 Å². The summed E-state index contributed by atoms with van der Waals surface area (Å²) in [5.41, 5.74) is 0. The molecule has 0 aliphatic heterocycles. The minimum Gasteiger partial charge on any atom is -0.317 e. The SMILES string of the molecule is CCn1ccnc1Nc1ccnn1C. The van der Waals surface area contributed by atoms with Crippen molar-refractivity contribution in [3.8, 4) is 0 Å². The highest BCUT2D eigenvalue weighted by atomic mass is 15.3. The summed E-state index contributed by atoms with van der Waals surface area (Å²) in [7, 11) is 1.89. The number of imidazole rings is 1. The fourth-order valence-electron chi connectivity index (χ4n) is 1.30. The average molecular weight is 191 g/mol. The maximum atomic E-state index is 4.21. The molecule has 0 aromatic carbocycles. The van der Waals surface area contributed by atoms with Crippen LogP contribution in [-0.2, 0) is 13.6 Å². The van der Waals surface area contributed by atoms with Crippen LogP contribution in [0.15, 0.2) is 24.7 Å². The summed E-state index contributed by atoms with van der Waals surface area (Å²) in [6, 6.07) is 1.91. The Hall–Kier alpha value is -1.78. The summed E-state index contributed by atoms with van der Waals surface area (Å²) in [6.45, 7) is 2.98. The highest BCUT2D eigenvalue weighted by Gasteiger charge is 2.03. The van der Waals surface area contributed by atoms with E-state index in [2.05, 4.69) is 22.3 Å². The lowest BCUT2D eigenvalue weighted by atomic mass is 10.6. The molecule has 0 fully saturated rings. The fraction of sp³-hybridized carbons (Fsp3) is 0.333. The van der Waals surface area contributed by atoms with E-state index in [1.165, 1.54) is 0 Å². The molecular formula is C9H13N5. The van der Waals surface area contributed by atoms with Crippen molar-refractivity contribution in [2.75, 3.05) is 5.32 Å². The van der Waals surface area contributed by atoms with Gasteiger partial charge in [0.1, 0.15) is 5.82 Å². The number of hydrogen-bond acceptors (Lipinski definition) is 3. The number of nitrogens with one attached hydrogen (secondary N) is 1. The van der Waals surface area contributed by atoms with E-state index in [1.807, 2.05) is 23.9 Å². The van der Waals surface area contributed by atoms with Crippen LogP contribution in [0.5, 0.6) is 0 Å². The predicted molar refractivity (Wildman–Crippen MR) is 54.4 cm³/mol. The van der Waals surface area contributed by atoms with Crippen LogP contribution in [0.1, 0.15) is 6.92 Å². The van der Waals surface area contributed by atoms with E-state index in [-0.39, 0.29) is 0 Å². The number of aryl methyl sites for hydroxylation is 2. The van der Waals surface area contributed by atoms with E-state index in [9.17, 15) is 0 Å². The Morgan fingerprint density at radius 3 is 2.93 bits per heavy atom. The number of anilines is 2. The molecule has 0 saturated carbocycles. The molecule has 5 heteroatoms. The molecule has 5 nitrogen and oxygen atoms in total. The molecule has 2 rings (SSSR count). The molecule has 0 saturated heterocycles. The van der Waals surface area contributed by atoms with Crippen molar-refractivity contribution >= 4 is 11.8 Å². The van der Waals surface area contributed by atoms with E-state index >= 15 is 0 Å². The molecule has 0 bridgehead atoms. The van der Waals surface area contributed by atoms with Gasteiger partial charge in [-0.3, -0.25) is 4.68 Å². The minimum absolute atomic E-state index is 0.844. The molecule has 0 spiro atoms. The second kappa shape index (κ2) is 3.53. The maximum Gasteiger partial charge on any atom is 0.208 e. The lowest BCUT2D eigenvalue weighted by Gasteiger charge is -2.07. The van der Waals surface area contributed by atoms with E-state index in [0.29, 0.717) is 0 Å². The quantitative estimate of drug-likeness (QED) is 0.797. The van der Waals surface area contributed by atoms with Crippen LogP contribution in [0, 0.1) is 0 Å². The smallest absolute Gasteiger partial charge is 0.208 e. The van der Waals surface area contributed by atoms with E-state index in [0.717, 1.165) is 18.3 Å². The van der Waals surface area contributed by atoms with Gasteiger partial charge in [-0.1, -0.05) is 0 Å². The molecule has 0 aliphatic rings. The average Bonchev–Trinajstić information content (AvgIpc) is 2.77. The third-order valence-corrected chi connectivity index (χ3v) is 2.12. The highest BCUT2D eigenvalue weighted by Crippen LogP contribution is 2.12. The number of rotatable bonds is 3. The Morgan fingerprint density at radius 2 is 2.29 bits per heavy atom. The summed E-state index contributed by atoms with van der Waals surface area (Å²) < 4.78 is 3.81. The van der Waals surface area contributed by atoms with Crippen molar-refractivity contribution in [2.45, 2.75) is 13.5 Å². The van der Waals surface area contributed by atoms with Crippen LogP contribution in [0.25, 0.3) is 0 Å². The van der Waals surface area contributed by atoms with Crippen molar-refractivity contribution in [3.05, 3.63) is 24.7 Å². The molecule has 2 aromatic heterocycles. The maximum absolute atomic E-state index is 4.21. The molecule has 2 heterocycles. The summed E-state index contributed by atoms with van der Waals surface area (Å²) in [4.78, 5) is 4.21. The van der Waals surface area contributed by atoms with Gasteiger partial charge in [-0.2, -0.15) is 5.10 Å². The minimum atomic E-state index is 0.844. The number of nitrogens with zero attached hydrogens (tertiary/aromatic N) is 4. The van der Waals surface area contributed by atoms with Gasteiger partial charge < -0.3 is 9.88 Å². The Morgan fingerprint density at radius 1 is 1.43 bits per heavy atom. The predicted octanol–water partition coefficient (Wildman–Crippen LogP) is 1.38. The Labute approximate surface area is 82.4 Å². The van der Waals surface area contributed by atoms with Crippen LogP contribution < -0.4 is 5.32 Å². The van der Waals surface area contributed by atoms with Crippen LogP contribution in [0.3, 0.4) is 0 Å². The highest BCUT2D eigenvalue weighted by molar-refractivity contribution is 5.47. The first kappa shape index (κ1) is 8.80. The molecule has 1 N–H and O–H groups in total. The normalized spacial score (nSPS) is 10.4. The lowest BCUT2D eigenvalue weighted by Crippen LogP contribution is -2.04. The van der Waals surface area contributed by atoms with E-state index < -0.39 is 0 Å². The first-order valence-electron chi connectivity index (χ1n) is 4.57. The topological polar surface area (TPSA) is 47.7 Å². The molecule has 0 aliphatic carbocycles. The van der Waals surface area contributed by atoms with Crippen LogP contribution in [0.2, 0.25) is 0 Å². The standard InChI is InChI=1S/C9H13N5/c1-3-14-7-6-10-9(14)12-8-4-5-11-13(8)2/h4-7H,3H2,1-2H3,(H,10,12). The van der Waals surface area contributed by atoms with Crippen molar-refractivity contribution in [1.82, 2.24) is 19.3 Å². The van der Waals surface area contributed by atoms with Crippen LogP contribution in [0.4, 0.5) is 11.8 Å². The zero-order valence-corrected chi connectivity index (χ0v) is 8.31.